The van der Waals surface area contributed by atoms with E-state index in [1.54, 1.807) is 4.98 Å². The summed E-state index contributed by atoms with van der Waals surface area (Å²) in [6.07, 6.45) is -6.53. The Balaban J connectivity index is 2.69. The number of benzene rings is 1. The van der Waals surface area contributed by atoms with Gasteiger partial charge in [0.05, 0.1) is 16.3 Å². The fourth-order valence-corrected chi connectivity index (χ4v) is 2.40. The number of hydrogen-bond acceptors (Lipinski definition) is 1. The minimum atomic E-state index is -6.53. The van der Waals surface area contributed by atoms with E-state index in [0.717, 1.165) is 0 Å². The molecule has 0 aliphatic rings. The molecule has 0 spiro atoms. The van der Waals surface area contributed by atoms with Gasteiger partial charge in [-0.15, -0.1) is 0 Å². The Morgan fingerprint density at radius 3 is 1.88 bits per heavy atom. The van der Waals surface area contributed by atoms with Crippen LogP contribution in [0.15, 0.2) is 24.3 Å². The number of H-pyrrole nitrogens is 1. The first-order chi connectivity index (χ1) is 11.3. The molecule has 0 saturated carbocycles. The molecular formula is C14H5Cl2F7N2. The first-order valence-electron chi connectivity index (χ1n) is 6.25. The maximum atomic E-state index is 13.9. The summed E-state index contributed by atoms with van der Waals surface area (Å²) in [6.45, 7) is 0. The molecule has 134 valence electrons. The molecule has 2 nitrogen and oxygen atoms in total. The number of alkyl halides is 7. The van der Waals surface area contributed by atoms with Crippen molar-refractivity contribution in [3.05, 3.63) is 45.6 Å². The first-order valence-corrected chi connectivity index (χ1v) is 7.00. The monoisotopic (exact) mass is 404 g/mol. The van der Waals surface area contributed by atoms with Crippen molar-refractivity contribution in [3.8, 4) is 17.3 Å². The van der Waals surface area contributed by atoms with E-state index in [1.807, 2.05) is 0 Å². The number of nitrogens with one attached hydrogen (secondary N) is 1. The summed E-state index contributed by atoms with van der Waals surface area (Å²) in [7, 11) is 0. The maximum Gasteiger partial charge on any atom is 0.460 e. The maximum absolute atomic E-state index is 13.9. The minimum Gasteiger partial charge on any atom is -0.351 e. The SMILES string of the molecule is N#Cc1c(-c2ccc(Cl)cc2)[nH]c(C(F)(F)C(F)(F)C(F)(F)F)c1Cl. The van der Waals surface area contributed by atoms with Crippen molar-refractivity contribution in [2.24, 2.45) is 0 Å². The molecule has 0 aliphatic heterocycles. The molecule has 0 saturated heterocycles. The van der Waals surface area contributed by atoms with Gasteiger partial charge < -0.3 is 4.98 Å². The molecule has 1 aromatic heterocycles. The summed E-state index contributed by atoms with van der Waals surface area (Å²) < 4.78 is 91.2. The number of hydrogen-bond donors (Lipinski definition) is 1. The molecule has 1 heterocycles. The molecule has 0 fully saturated rings. The molecule has 0 radical (unpaired) electrons. The largest absolute Gasteiger partial charge is 0.460 e. The molecule has 0 bridgehead atoms. The van der Waals surface area contributed by atoms with Crippen LogP contribution in [-0.2, 0) is 5.92 Å². The van der Waals surface area contributed by atoms with E-state index in [2.05, 4.69) is 0 Å². The van der Waals surface area contributed by atoms with Gasteiger partial charge in [0.15, 0.2) is 0 Å². The molecule has 2 aromatic rings. The molecule has 1 N–H and O–H groups in total. The fraction of sp³-hybridized carbons (Fsp3) is 0.214. The second kappa shape index (κ2) is 6.11. The van der Waals surface area contributed by atoms with Gasteiger partial charge in [-0.05, 0) is 17.7 Å². The molecule has 2 rings (SSSR count). The summed E-state index contributed by atoms with van der Waals surface area (Å²) in [5.74, 6) is -12.1. The van der Waals surface area contributed by atoms with Crippen LogP contribution in [0.25, 0.3) is 11.3 Å². The van der Waals surface area contributed by atoms with Gasteiger partial charge in [0, 0.05) is 5.02 Å². The summed E-state index contributed by atoms with van der Waals surface area (Å²) in [5.41, 5.74) is -2.99. The number of nitriles is 1. The van der Waals surface area contributed by atoms with Crippen molar-refractivity contribution in [3.63, 3.8) is 0 Å². The first kappa shape index (κ1) is 19.4. The minimum absolute atomic E-state index is 0.0419. The Labute approximate surface area is 145 Å². The van der Waals surface area contributed by atoms with Crippen LogP contribution in [0.2, 0.25) is 10.0 Å². The number of halogens is 9. The van der Waals surface area contributed by atoms with Crippen LogP contribution < -0.4 is 0 Å². The van der Waals surface area contributed by atoms with Crippen LogP contribution in [0.3, 0.4) is 0 Å². The third-order valence-corrected chi connectivity index (χ3v) is 3.88. The zero-order chi connectivity index (χ0) is 19.2. The second-order valence-electron chi connectivity index (χ2n) is 4.83. The quantitative estimate of drug-likeness (QED) is 0.612. The van der Waals surface area contributed by atoms with Crippen molar-refractivity contribution in [1.82, 2.24) is 4.98 Å². The van der Waals surface area contributed by atoms with Gasteiger partial charge in [-0.25, -0.2) is 0 Å². The zero-order valence-electron chi connectivity index (χ0n) is 11.7. The summed E-state index contributed by atoms with van der Waals surface area (Å²) in [5, 5.41) is 8.05. The highest BCUT2D eigenvalue weighted by Crippen LogP contribution is 2.53. The van der Waals surface area contributed by atoms with E-state index >= 15 is 0 Å². The lowest BCUT2D eigenvalue weighted by molar-refractivity contribution is -0.360. The molecule has 0 unspecified atom stereocenters. The molecule has 0 aliphatic carbocycles. The number of nitrogens with zero attached hydrogens (tertiary/aromatic N) is 1. The lowest BCUT2D eigenvalue weighted by Gasteiger charge is -2.27. The Hall–Kier alpha value is -1.92. The van der Waals surface area contributed by atoms with Gasteiger partial charge in [0.1, 0.15) is 11.8 Å². The Morgan fingerprint density at radius 1 is 0.920 bits per heavy atom. The van der Waals surface area contributed by atoms with E-state index in [-0.39, 0.29) is 10.6 Å². The van der Waals surface area contributed by atoms with E-state index < -0.39 is 40.0 Å². The van der Waals surface area contributed by atoms with Crippen molar-refractivity contribution < 1.29 is 30.7 Å². The van der Waals surface area contributed by atoms with Crippen molar-refractivity contribution in [2.75, 3.05) is 0 Å². The van der Waals surface area contributed by atoms with Gasteiger partial charge in [-0.2, -0.15) is 36.0 Å². The Bertz CT molecular complexity index is 833. The van der Waals surface area contributed by atoms with E-state index in [1.165, 1.54) is 30.3 Å². The predicted octanol–water partition coefficient (Wildman–Crippen LogP) is 6.15. The summed E-state index contributed by atoms with van der Waals surface area (Å²) in [6, 6.07) is 6.50. The zero-order valence-corrected chi connectivity index (χ0v) is 13.2. The van der Waals surface area contributed by atoms with E-state index in [4.69, 9.17) is 28.5 Å². The molecule has 25 heavy (non-hydrogen) atoms. The molecule has 11 heteroatoms. The average molecular weight is 405 g/mol. The van der Waals surface area contributed by atoms with Gasteiger partial charge in [-0.3, -0.25) is 0 Å². The van der Waals surface area contributed by atoms with Gasteiger partial charge in [0.2, 0.25) is 0 Å². The summed E-state index contributed by atoms with van der Waals surface area (Å²) >= 11 is 11.1. The van der Waals surface area contributed by atoms with Crippen LogP contribution in [0.4, 0.5) is 30.7 Å². The molecule has 0 atom stereocenters. The second-order valence-corrected chi connectivity index (χ2v) is 5.64. The molecule has 0 amide bonds. The highest BCUT2D eigenvalue weighted by atomic mass is 35.5. The van der Waals surface area contributed by atoms with Crippen molar-refractivity contribution >= 4 is 23.2 Å². The highest BCUT2D eigenvalue weighted by molar-refractivity contribution is 6.33. The van der Waals surface area contributed by atoms with Crippen LogP contribution in [-0.4, -0.2) is 17.1 Å². The third-order valence-electron chi connectivity index (χ3n) is 3.25. The number of aromatic nitrogens is 1. The van der Waals surface area contributed by atoms with Crippen LogP contribution >= 0.6 is 23.2 Å². The average Bonchev–Trinajstić information content (AvgIpc) is 2.84. The topological polar surface area (TPSA) is 39.6 Å². The van der Waals surface area contributed by atoms with Crippen LogP contribution in [0, 0.1) is 11.3 Å². The van der Waals surface area contributed by atoms with E-state index in [9.17, 15) is 30.7 Å². The molecule has 1 aromatic carbocycles. The van der Waals surface area contributed by atoms with Crippen LogP contribution in [0.1, 0.15) is 11.3 Å². The van der Waals surface area contributed by atoms with E-state index in [0.29, 0.717) is 0 Å². The smallest absolute Gasteiger partial charge is 0.351 e. The fourth-order valence-electron chi connectivity index (χ4n) is 1.97. The van der Waals surface area contributed by atoms with Crippen LogP contribution in [0.5, 0.6) is 0 Å². The Kier molecular flexibility index (Phi) is 4.74. The molecular weight excluding hydrogens is 400 g/mol. The standard InChI is InChI=1S/C14H5Cl2F7N2/c15-7-3-1-6(2-4-7)10-8(5-24)9(16)11(25-10)12(17,18)13(19,20)14(21,22)23/h1-4,25H. The Morgan fingerprint density at radius 2 is 1.44 bits per heavy atom. The van der Waals surface area contributed by atoms with Crippen molar-refractivity contribution in [2.45, 2.75) is 18.0 Å². The summed E-state index contributed by atoms with van der Waals surface area (Å²) in [4.78, 5) is 1.73. The number of rotatable bonds is 3. The van der Waals surface area contributed by atoms with Gasteiger partial charge in [0.25, 0.3) is 0 Å². The normalized spacial score (nSPS) is 13.0. The predicted molar refractivity (Wildman–Crippen MR) is 75.9 cm³/mol. The third kappa shape index (κ3) is 3.04. The van der Waals surface area contributed by atoms with Gasteiger partial charge >= 0.3 is 18.0 Å². The highest BCUT2D eigenvalue weighted by Gasteiger charge is 2.74. The lowest BCUT2D eigenvalue weighted by atomic mass is 10.1. The van der Waals surface area contributed by atoms with Crippen molar-refractivity contribution in [1.29, 1.82) is 5.26 Å². The lowest BCUT2D eigenvalue weighted by Crippen LogP contribution is -2.50. The number of aromatic amines is 1. The van der Waals surface area contributed by atoms with Gasteiger partial charge in [-0.1, -0.05) is 35.3 Å².